The van der Waals surface area contributed by atoms with Crippen molar-refractivity contribution in [1.82, 2.24) is 5.32 Å². The molecular weight excluding hydrogens is 110 g/mol. The Labute approximate surface area is 56.8 Å². The van der Waals surface area contributed by atoms with Gasteiger partial charge in [0.15, 0.2) is 0 Å². The molecule has 2 fully saturated rings. The minimum Gasteiger partial charge on any atom is -0.314 e. The van der Waals surface area contributed by atoms with Crippen molar-refractivity contribution >= 4 is 0 Å². The Kier molecular flexibility index (Phi) is 1.46. The second-order valence-corrected chi connectivity index (χ2v) is 3.39. The van der Waals surface area contributed by atoms with Gasteiger partial charge in [0, 0.05) is 6.04 Å². The van der Waals surface area contributed by atoms with Crippen LogP contribution in [-0.2, 0) is 0 Å². The highest BCUT2D eigenvalue weighted by molar-refractivity contribution is 4.88. The van der Waals surface area contributed by atoms with Crippen molar-refractivity contribution in [3.05, 3.63) is 0 Å². The van der Waals surface area contributed by atoms with E-state index < -0.39 is 0 Å². The fourth-order valence-corrected chi connectivity index (χ4v) is 2.00. The van der Waals surface area contributed by atoms with Gasteiger partial charge in [-0.05, 0) is 38.1 Å². The lowest BCUT2D eigenvalue weighted by molar-refractivity contribution is 0.215. The summed E-state index contributed by atoms with van der Waals surface area (Å²) in [6, 6.07) is 0.924. The SMILES string of the molecule is C1CC[C@H]2CC[C@H]2NC1. The molecular formula is C8H15N. The van der Waals surface area contributed by atoms with Gasteiger partial charge in [0.2, 0.25) is 0 Å². The van der Waals surface area contributed by atoms with Crippen LogP contribution >= 0.6 is 0 Å². The van der Waals surface area contributed by atoms with Crippen LogP contribution in [0.1, 0.15) is 32.1 Å². The van der Waals surface area contributed by atoms with E-state index >= 15 is 0 Å². The van der Waals surface area contributed by atoms with Gasteiger partial charge in [0.25, 0.3) is 0 Å². The standard InChI is InChI=1S/C8H15N/c1-2-6-9-8-5-4-7(8)3-1/h7-9H,1-6H2/t7-,8+/m0/s1. The van der Waals surface area contributed by atoms with Crippen LogP contribution < -0.4 is 5.32 Å². The van der Waals surface area contributed by atoms with Crippen LogP contribution in [0.5, 0.6) is 0 Å². The van der Waals surface area contributed by atoms with Gasteiger partial charge < -0.3 is 5.32 Å². The van der Waals surface area contributed by atoms with Crippen LogP contribution in [0.3, 0.4) is 0 Å². The summed E-state index contributed by atoms with van der Waals surface area (Å²) in [5.74, 6) is 1.06. The Morgan fingerprint density at radius 3 is 2.78 bits per heavy atom. The summed E-state index contributed by atoms with van der Waals surface area (Å²) in [5, 5.41) is 3.58. The Hall–Kier alpha value is -0.0400. The van der Waals surface area contributed by atoms with Crippen LogP contribution in [0.4, 0.5) is 0 Å². The van der Waals surface area contributed by atoms with Gasteiger partial charge in [0.05, 0.1) is 0 Å². The molecule has 1 saturated heterocycles. The zero-order valence-corrected chi connectivity index (χ0v) is 5.90. The predicted molar refractivity (Wildman–Crippen MR) is 38.4 cm³/mol. The van der Waals surface area contributed by atoms with E-state index in [4.69, 9.17) is 0 Å². The van der Waals surface area contributed by atoms with Crippen LogP contribution in [0.2, 0.25) is 0 Å². The average Bonchev–Trinajstić information content (AvgIpc) is 1.94. The monoisotopic (exact) mass is 125 g/mol. The molecule has 0 aromatic heterocycles. The van der Waals surface area contributed by atoms with E-state index in [1.807, 2.05) is 0 Å². The molecule has 2 aliphatic rings. The molecule has 1 saturated carbocycles. The molecule has 1 nitrogen and oxygen atoms in total. The fraction of sp³-hybridized carbons (Fsp3) is 1.00. The van der Waals surface area contributed by atoms with E-state index in [0.29, 0.717) is 0 Å². The molecule has 2 rings (SSSR count). The van der Waals surface area contributed by atoms with E-state index in [1.54, 1.807) is 0 Å². The number of fused-ring (bicyclic) bond motifs is 1. The predicted octanol–water partition coefficient (Wildman–Crippen LogP) is 1.54. The molecule has 0 unspecified atom stereocenters. The molecule has 52 valence electrons. The van der Waals surface area contributed by atoms with Gasteiger partial charge in [0.1, 0.15) is 0 Å². The Morgan fingerprint density at radius 1 is 1.00 bits per heavy atom. The van der Waals surface area contributed by atoms with E-state index in [2.05, 4.69) is 5.32 Å². The maximum absolute atomic E-state index is 3.58. The topological polar surface area (TPSA) is 12.0 Å². The third-order valence-electron chi connectivity index (χ3n) is 2.83. The summed E-state index contributed by atoms with van der Waals surface area (Å²) < 4.78 is 0. The van der Waals surface area contributed by atoms with Crippen molar-refractivity contribution in [1.29, 1.82) is 0 Å². The zero-order valence-electron chi connectivity index (χ0n) is 5.90. The first-order chi connectivity index (χ1) is 4.47. The van der Waals surface area contributed by atoms with Gasteiger partial charge in [-0.25, -0.2) is 0 Å². The van der Waals surface area contributed by atoms with Crippen LogP contribution in [0.25, 0.3) is 0 Å². The van der Waals surface area contributed by atoms with Crippen LogP contribution in [-0.4, -0.2) is 12.6 Å². The highest BCUT2D eigenvalue weighted by atomic mass is 14.9. The smallest absolute Gasteiger partial charge is 0.00954 e. The molecule has 0 spiro atoms. The second-order valence-electron chi connectivity index (χ2n) is 3.39. The molecule has 1 heteroatoms. The van der Waals surface area contributed by atoms with Gasteiger partial charge in [-0.3, -0.25) is 0 Å². The quantitative estimate of drug-likeness (QED) is 0.518. The third-order valence-corrected chi connectivity index (χ3v) is 2.83. The summed E-state index contributed by atoms with van der Waals surface area (Å²) >= 11 is 0. The Morgan fingerprint density at radius 2 is 2.00 bits per heavy atom. The fourth-order valence-electron chi connectivity index (χ4n) is 2.00. The summed E-state index contributed by atoms with van der Waals surface area (Å²) in [7, 11) is 0. The first-order valence-electron chi connectivity index (χ1n) is 4.20. The molecule has 0 bridgehead atoms. The molecule has 2 atom stereocenters. The number of rotatable bonds is 0. The average molecular weight is 125 g/mol. The van der Waals surface area contributed by atoms with Crippen LogP contribution in [0, 0.1) is 5.92 Å². The summed E-state index contributed by atoms with van der Waals surface area (Å²) in [5.41, 5.74) is 0. The van der Waals surface area contributed by atoms with E-state index in [0.717, 1.165) is 12.0 Å². The maximum Gasteiger partial charge on any atom is 0.00954 e. The first kappa shape index (κ1) is 5.72. The van der Waals surface area contributed by atoms with Gasteiger partial charge >= 0.3 is 0 Å². The van der Waals surface area contributed by atoms with Crippen molar-refractivity contribution in [3.8, 4) is 0 Å². The first-order valence-corrected chi connectivity index (χ1v) is 4.20. The normalized spacial score (nSPS) is 42.7. The molecule has 0 amide bonds. The van der Waals surface area contributed by atoms with Crippen molar-refractivity contribution in [2.24, 2.45) is 5.92 Å². The molecule has 0 aromatic rings. The molecule has 9 heavy (non-hydrogen) atoms. The zero-order chi connectivity index (χ0) is 6.10. The molecule has 1 aliphatic carbocycles. The number of nitrogens with one attached hydrogen (secondary N) is 1. The van der Waals surface area contributed by atoms with Crippen LogP contribution in [0.15, 0.2) is 0 Å². The molecule has 0 aromatic carbocycles. The Balaban J connectivity index is 1.90. The summed E-state index contributed by atoms with van der Waals surface area (Å²) in [6.07, 6.45) is 7.32. The lowest BCUT2D eigenvalue weighted by atomic mass is 9.77. The molecule has 0 radical (unpaired) electrons. The van der Waals surface area contributed by atoms with Gasteiger partial charge in [-0.1, -0.05) is 6.42 Å². The minimum atomic E-state index is 0.924. The lowest BCUT2D eigenvalue weighted by Crippen LogP contribution is -2.42. The maximum atomic E-state index is 3.58. The summed E-state index contributed by atoms with van der Waals surface area (Å²) in [6.45, 7) is 1.28. The van der Waals surface area contributed by atoms with Gasteiger partial charge in [-0.15, -0.1) is 0 Å². The Bertz CT molecular complexity index is 88.7. The largest absolute Gasteiger partial charge is 0.314 e. The minimum absolute atomic E-state index is 0.924. The number of hydrogen-bond donors (Lipinski definition) is 1. The van der Waals surface area contributed by atoms with E-state index in [9.17, 15) is 0 Å². The third kappa shape index (κ3) is 0.983. The highest BCUT2D eigenvalue weighted by Crippen LogP contribution is 2.33. The van der Waals surface area contributed by atoms with E-state index in [1.165, 1.54) is 38.6 Å². The lowest BCUT2D eigenvalue weighted by Gasteiger charge is -2.35. The summed E-state index contributed by atoms with van der Waals surface area (Å²) in [4.78, 5) is 0. The second kappa shape index (κ2) is 2.30. The van der Waals surface area contributed by atoms with Crippen molar-refractivity contribution < 1.29 is 0 Å². The van der Waals surface area contributed by atoms with Crippen molar-refractivity contribution in [2.45, 2.75) is 38.1 Å². The van der Waals surface area contributed by atoms with Crippen molar-refractivity contribution in [3.63, 3.8) is 0 Å². The highest BCUT2D eigenvalue weighted by Gasteiger charge is 2.30. The number of hydrogen-bond acceptors (Lipinski definition) is 1. The van der Waals surface area contributed by atoms with Gasteiger partial charge in [-0.2, -0.15) is 0 Å². The van der Waals surface area contributed by atoms with E-state index in [-0.39, 0.29) is 0 Å². The molecule has 1 aliphatic heterocycles. The molecule has 1 N–H and O–H groups in total. The molecule has 1 heterocycles. The van der Waals surface area contributed by atoms with Crippen molar-refractivity contribution in [2.75, 3.05) is 6.54 Å².